The Balaban J connectivity index is 2.05. The van der Waals surface area contributed by atoms with E-state index in [2.05, 4.69) is 10.6 Å². The predicted octanol–water partition coefficient (Wildman–Crippen LogP) is 2.44. The molecule has 28 heavy (non-hydrogen) atoms. The first-order valence-corrected chi connectivity index (χ1v) is 9.02. The number of nitriles is 1. The third-order valence-corrected chi connectivity index (χ3v) is 4.26. The van der Waals surface area contributed by atoms with Crippen LogP contribution >= 0.6 is 0 Å². The molecule has 146 valence electrons. The van der Waals surface area contributed by atoms with Gasteiger partial charge in [-0.1, -0.05) is 42.0 Å². The van der Waals surface area contributed by atoms with Gasteiger partial charge in [-0.25, -0.2) is 9.69 Å². The van der Waals surface area contributed by atoms with Crippen LogP contribution in [0.2, 0.25) is 0 Å². The highest BCUT2D eigenvalue weighted by atomic mass is 16.3. The third kappa shape index (κ3) is 6.02. The summed E-state index contributed by atoms with van der Waals surface area (Å²) in [5.74, 6) is -0.369. The number of hydrogen-bond donors (Lipinski definition) is 3. The maximum atomic E-state index is 12.6. The Morgan fingerprint density at radius 2 is 1.71 bits per heavy atom. The molecule has 0 fully saturated rings. The minimum absolute atomic E-state index is 0.114. The van der Waals surface area contributed by atoms with Gasteiger partial charge in [0.15, 0.2) is 6.19 Å². The van der Waals surface area contributed by atoms with Crippen LogP contribution < -0.4 is 10.6 Å². The second kappa shape index (κ2) is 9.97. The molecular formula is C21H24N4O3. The molecule has 2 aromatic rings. The van der Waals surface area contributed by atoms with Crippen molar-refractivity contribution in [2.45, 2.75) is 32.9 Å². The van der Waals surface area contributed by atoms with Crippen LogP contribution in [-0.4, -0.2) is 34.5 Å². The lowest BCUT2D eigenvalue weighted by Crippen LogP contribution is -2.51. The number of nitrogens with one attached hydrogen (secondary N) is 2. The number of carbonyl (C=O) groups excluding carboxylic acids is 2. The molecule has 0 bridgehead atoms. The molecular weight excluding hydrogens is 356 g/mol. The quantitative estimate of drug-likeness (QED) is 0.507. The van der Waals surface area contributed by atoms with Gasteiger partial charge in [-0.2, -0.15) is 5.26 Å². The molecule has 2 rings (SSSR count). The fourth-order valence-corrected chi connectivity index (χ4v) is 2.63. The molecule has 0 saturated carbocycles. The van der Waals surface area contributed by atoms with Gasteiger partial charge in [0.2, 0.25) is 0 Å². The van der Waals surface area contributed by atoms with Crippen molar-refractivity contribution in [2.24, 2.45) is 0 Å². The molecule has 0 aromatic heterocycles. The van der Waals surface area contributed by atoms with Crippen LogP contribution in [-0.2, 0) is 17.8 Å². The van der Waals surface area contributed by atoms with Crippen LogP contribution in [0.1, 0.15) is 23.6 Å². The number of amides is 3. The Hall–Kier alpha value is -3.53. The Morgan fingerprint density at radius 1 is 1.11 bits per heavy atom. The summed E-state index contributed by atoms with van der Waals surface area (Å²) in [6.07, 6.45) is 2.04. The minimum Gasteiger partial charge on any atom is -0.508 e. The Labute approximate surface area is 164 Å². The second-order valence-electron chi connectivity index (χ2n) is 6.42. The summed E-state index contributed by atoms with van der Waals surface area (Å²) < 4.78 is 0. The van der Waals surface area contributed by atoms with Gasteiger partial charge in [0, 0.05) is 19.5 Å². The van der Waals surface area contributed by atoms with E-state index < -0.39 is 18.0 Å². The van der Waals surface area contributed by atoms with E-state index in [4.69, 9.17) is 5.26 Å². The summed E-state index contributed by atoms with van der Waals surface area (Å²) >= 11 is 0. The van der Waals surface area contributed by atoms with Crippen LogP contribution in [0.25, 0.3) is 0 Å². The first-order chi connectivity index (χ1) is 13.4. The van der Waals surface area contributed by atoms with E-state index in [1.807, 2.05) is 37.4 Å². The monoisotopic (exact) mass is 380 g/mol. The predicted molar refractivity (Wildman–Crippen MR) is 105 cm³/mol. The highest BCUT2D eigenvalue weighted by molar-refractivity contribution is 5.88. The van der Waals surface area contributed by atoms with E-state index in [1.54, 1.807) is 19.1 Å². The van der Waals surface area contributed by atoms with E-state index in [9.17, 15) is 14.7 Å². The molecule has 3 N–H and O–H groups in total. The average Bonchev–Trinajstić information content (AvgIpc) is 2.69. The molecule has 7 nitrogen and oxygen atoms in total. The van der Waals surface area contributed by atoms with Gasteiger partial charge in [0.25, 0.3) is 5.91 Å². The highest BCUT2D eigenvalue weighted by Gasteiger charge is 2.25. The summed E-state index contributed by atoms with van der Waals surface area (Å²) in [6, 6.07) is 12.7. The van der Waals surface area contributed by atoms with E-state index >= 15 is 0 Å². The number of nitrogens with zero attached hydrogens (tertiary/aromatic N) is 2. The summed E-state index contributed by atoms with van der Waals surface area (Å²) in [5, 5.41) is 23.9. The molecule has 1 unspecified atom stereocenters. The number of phenolic OH excluding ortho intramolecular Hbond substituents is 1. The molecule has 0 aliphatic carbocycles. The first-order valence-electron chi connectivity index (χ1n) is 9.02. The van der Waals surface area contributed by atoms with E-state index in [0.717, 1.165) is 21.6 Å². The van der Waals surface area contributed by atoms with Crippen molar-refractivity contribution >= 4 is 11.9 Å². The van der Waals surface area contributed by atoms with Gasteiger partial charge in [0.05, 0.1) is 0 Å². The molecule has 0 spiro atoms. The molecule has 0 aliphatic heterocycles. The summed E-state index contributed by atoms with van der Waals surface area (Å²) in [5.41, 5.74) is 2.82. The maximum absolute atomic E-state index is 12.6. The molecule has 0 saturated heterocycles. The highest BCUT2D eigenvalue weighted by Crippen LogP contribution is 2.12. The zero-order valence-corrected chi connectivity index (χ0v) is 16.0. The number of hydrogen-bond acceptors (Lipinski definition) is 4. The fourth-order valence-electron chi connectivity index (χ4n) is 2.63. The second-order valence-corrected chi connectivity index (χ2v) is 6.42. The van der Waals surface area contributed by atoms with Crippen molar-refractivity contribution in [3.8, 4) is 11.9 Å². The van der Waals surface area contributed by atoms with Crippen molar-refractivity contribution in [3.63, 3.8) is 0 Å². The normalized spacial score (nSPS) is 11.2. The van der Waals surface area contributed by atoms with Gasteiger partial charge in [-0.3, -0.25) is 4.79 Å². The number of carbonyl (C=O) groups is 2. The number of phenols is 1. The SMILES string of the molecule is CCN(C#N)C(=O)C(Cc1ccc(O)cc1)NC(=O)NCc1ccc(C)cc1. The zero-order chi connectivity index (χ0) is 20.5. The largest absolute Gasteiger partial charge is 0.508 e. The van der Waals surface area contributed by atoms with Crippen molar-refractivity contribution < 1.29 is 14.7 Å². The fraction of sp³-hybridized carbons (Fsp3) is 0.286. The molecule has 2 aromatic carbocycles. The van der Waals surface area contributed by atoms with E-state index in [1.165, 1.54) is 12.1 Å². The first kappa shape index (κ1) is 20.8. The minimum atomic E-state index is -0.901. The molecule has 0 heterocycles. The third-order valence-electron chi connectivity index (χ3n) is 4.26. The summed E-state index contributed by atoms with van der Waals surface area (Å²) in [4.78, 5) is 26.0. The molecule has 1 atom stereocenters. The van der Waals surface area contributed by atoms with Crippen LogP contribution in [0, 0.1) is 18.4 Å². The Kier molecular flexibility index (Phi) is 7.40. The number of aryl methyl sites for hydroxylation is 1. The summed E-state index contributed by atoms with van der Waals surface area (Å²) in [6.45, 7) is 4.21. The van der Waals surface area contributed by atoms with Gasteiger partial charge in [-0.15, -0.1) is 0 Å². The van der Waals surface area contributed by atoms with Crippen molar-refractivity contribution in [2.75, 3.05) is 6.54 Å². The number of urea groups is 1. The van der Waals surface area contributed by atoms with Crippen LogP contribution in [0.4, 0.5) is 4.79 Å². The molecule has 7 heteroatoms. The van der Waals surface area contributed by atoms with Crippen molar-refractivity contribution in [1.29, 1.82) is 5.26 Å². The topological polar surface area (TPSA) is 105 Å². The van der Waals surface area contributed by atoms with Crippen molar-refractivity contribution in [1.82, 2.24) is 15.5 Å². The zero-order valence-electron chi connectivity index (χ0n) is 16.0. The van der Waals surface area contributed by atoms with Crippen molar-refractivity contribution in [3.05, 3.63) is 65.2 Å². The Bertz CT molecular complexity index is 841. The Morgan fingerprint density at radius 3 is 2.29 bits per heavy atom. The molecule has 0 aliphatic rings. The van der Waals surface area contributed by atoms with Gasteiger partial charge < -0.3 is 15.7 Å². The van der Waals surface area contributed by atoms with E-state index in [0.29, 0.717) is 6.54 Å². The number of aromatic hydroxyl groups is 1. The molecule has 0 radical (unpaired) electrons. The average molecular weight is 380 g/mol. The van der Waals surface area contributed by atoms with Crippen LogP contribution in [0.15, 0.2) is 48.5 Å². The van der Waals surface area contributed by atoms with E-state index in [-0.39, 0.29) is 18.7 Å². The standard InChI is InChI=1S/C21H24N4O3/c1-3-25(14-22)20(27)19(12-16-8-10-18(26)11-9-16)24-21(28)23-13-17-6-4-15(2)5-7-17/h4-11,19,26H,3,12-13H2,1-2H3,(H2,23,24,28). The number of benzene rings is 2. The lowest BCUT2D eigenvalue weighted by atomic mass is 10.0. The summed E-state index contributed by atoms with van der Waals surface area (Å²) in [7, 11) is 0. The lowest BCUT2D eigenvalue weighted by molar-refractivity contribution is -0.129. The van der Waals surface area contributed by atoms with Crippen LogP contribution in [0.3, 0.4) is 0 Å². The van der Waals surface area contributed by atoms with Gasteiger partial charge in [-0.05, 0) is 37.1 Å². The molecule has 3 amide bonds. The van der Waals surface area contributed by atoms with Gasteiger partial charge >= 0.3 is 6.03 Å². The number of likely N-dealkylation sites (N-methyl/N-ethyl adjacent to an activating group) is 1. The number of rotatable bonds is 7. The smallest absolute Gasteiger partial charge is 0.315 e. The van der Waals surface area contributed by atoms with Gasteiger partial charge in [0.1, 0.15) is 11.8 Å². The maximum Gasteiger partial charge on any atom is 0.315 e. The lowest BCUT2D eigenvalue weighted by Gasteiger charge is -2.22. The van der Waals surface area contributed by atoms with Crippen LogP contribution in [0.5, 0.6) is 5.75 Å².